The van der Waals surface area contributed by atoms with Gasteiger partial charge in [0, 0.05) is 45.2 Å². The summed E-state index contributed by atoms with van der Waals surface area (Å²) in [7, 11) is 0. The molecule has 210 valence electrons. The van der Waals surface area contributed by atoms with E-state index in [4.69, 9.17) is 46.4 Å². The maximum absolute atomic E-state index is 13.1. The number of nitrogens with zero attached hydrogens (tertiary/aromatic N) is 1. The summed E-state index contributed by atoms with van der Waals surface area (Å²) in [5, 5.41) is 14.4. The Labute approximate surface area is 253 Å². The van der Waals surface area contributed by atoms with E-state index < -0.39 is 17.9 Å². The van der Waals surface area contributed by atoms with E-state index in [2.05, 4.69) is 5.32 Å². The number of halogens is 4. The molecule has 40 heavy (non-hydrogen) atoms. The first-order valence-electron chi connectivity index (χ1n) is 12.8. The van der Waals surface area contributed by atoms with E-state index in [0.717, 1.165) is 22.3 Å². The third kappa shape index (κ3) is 7.49. The van der Waals surface area contributed by atoms with E-state index >= 15 is 0 Å². The number of benzene rings is 3. The topological polar surface area (TPSA) is 86.7 Å². The summed E-state index contributed by atoms with van der Waals surface area (Å²) in [5.74, 6) is -2.22. The highest BCUT2D eigenvalue weighted by Gasteiger charge is 2.31. The number of carboxylic acids is 1. The zero-order valence-electron chi connectivity index (χ0n) is 21.7. The van der Waals surface area contributed by atoms with Gasteiger partial charge in [0.2, 0.25) is 11.8 Å². The standard InChI is InChI=1S/C30H28Cl4N2O4/c1-17-11-24(32)23(25(33)12-17)15-28(37)36-10-2-3-20(16-36)29(38)35-27(30(39)40)13-18-4-6-19(7-5-18)22-9-8-21(31)14-26(22)34/h4-9,11-12,14,20,27H,2-3,10,13,15-16H2,1H3,(H,35,38)(H,39,40)/t20?,27-/m0/s1. The van der Waals surface area contributed by atoms with E-state index in [0.29, 0.717) is 45.0 Å². The number of aliphatic carboxylic acids is 1. The minimum Gasteiger partial charge on any atom is -0.480 e. The quantitative estimate of drug-likeness (QED) is 0.287. The number of hydrogen-bond donors (Lipinski definition) is 2. The molecule has 1 unspecified atom stereocenters. The van der Waals surface area contributed by atoms with Crippen LogP contribution in [0.3, 0.4) is 0 Å². The van der Waals surface area contributed by atoms with Crippen LogP contribution in [0.25, 0.3) is 11.1 Å². The molecule has 0 bridgehead atoms. The smallest absolute Gasteiger partial charge is 0.326 e. The van der Waals surface area contributed by atoms with Crippen LogP contribution < -0.4 is 5.32 Å². The maximum atomic E-state index is 13.1. The molecule has 1 saturated heterocycles. The Morgan fingerprint density at radius 3 is 2.27 bits per heavy atom. The highest BCUT2D eigenvalue weighted by atomic mass is 35.5. The number of aryl methyl sites for hydroxylation is 1. The second-order valence-electron chi connectivity index (χ2n) is 9.99. The predicted octanol–water partition coefficient (Wildman–Crippen LogP) is 6.87. The van der Waals surface area contributed by atoms with Crippen molar-refractivity contribution in [1.82, 2.24) is 10.2 Å². The number of carboxylic acid groups (broad SMARTS) is 1. The van der Waals surface area contributed by atoms with Crippen molar-refractivity contribution in [2.45, 2.75) is 38.6 Å². The van der Waals surface area contributed by atoms with Crippen LogP contribution in [0.15, 0.2) is 54.6 Å². The molecule has 0 saturated carbocycles. The van der Waals surface area contributed by atoms with E-state index in [1.165, 1.54) is 0 Å². The van der Waals surface area contributed by atoms with Crippen LogP contribution in [0.1, 0.15) is 29.5 Å². The van der Waals surface area contributed by atoms with Crippen molar-refractivity contribution in [2.24, 2.45) is 5.92 Å². The first-order valence-corrected chi connectivity index (χ1v) is 14.3. The second-order valence-corrected chi connectivity index (χ2v) is 11.6. The first-order chi connectivity index (χ1) is 19.0. The molecule has 1 fully saturated rings. The number of nitrogens with one attached hydrogen (secondary N) is 1. The average molecular weight is 622 g/mol. The van der Waals surface area contributed by atoms with E-state index in [-0.39, 0.29) is 31.2 Å². The fraction of sp³-hybridized carbons (Fsp3) is 0.300. The Bertz CT molecular complexity index is 1400. The van der Waals surface area contributed by atoms with Gasteiger partial charge in [-0.05, 0) is 66.3 Å². The van der Waals surface area contributed by atoms with Gasteiger partial charge >= 0.3 is 5.97 Å². The zero-order chi connectivity index (χ0) is 29.0. The molecule has 4 rings (SSSR count). The van der Waals surface area contributed by atoms with Gasteiger partial charge in [-0.2, -0.15) is 0 Å². The average Bonchev–Trinajstić information content (AvgIpc) is 2.90. The summed E-state index contributed by atoms with van der Waals surface area (Å²) < 4.78 is 0. The molecule has 1 aliphatic heterocycles. The summed E-state index contributed by atoms with van der Waals surface area (Å²) in [5.41, 5.74) is 3.87. The molecule has 1 aliphatic rings. The van der Waals surface area contributed by atoms with Gasteiger partial charge in [0.1, 0.15) is 6.04 Å². The molecule has 0 spiro atoms. The van der Waals surface area contributed by atoms with Crippen LogP contribution in [0.2, 0.25) is 20.1 Å². The Hall–Kier alpha value is -2.77. The largest absolute Gasteiger partial charge is 0.480 e. The highest BCUT2D eigenvalue weighted by molar-refractivity contribution is 6.37. The fourth-order valence-corrected chi connectivity index (χ4v) is 6.10. The van der Waals surface area contributed by atoms with Crippen LogP contribution in [0.4, 0.5) is 0 Å². The van der Waals surface area contributed by atoms with E-state index in [1.54, 1.807) is 29.2 Å². The van der Waals surface area contributed by atoms with Crippen molar-refractivity contribution in [3.8, 4) is 11.1 Å². The lowest BCUT2D eigenvalue weighted by molar-refractivity contribution is -0.143. The van der Waals surface area contributed by atoms with Crippen LogP contribution in [0, 0.1) is 12.8 Å². The van der Waals surface area contributed by atoms with Crippen molar-refractivity contribution >= 4 is 64.2 Å². The SMILES string of the molecule is Cc1cc(Cl)c(CC(=O)N2CCCC(C(=O)N[C@@H](Cc3ccc(-c4ccc(Cl)cc4Cl)cc3)C(=O)O)C2)c(Cl)c1. The van der Waals surface area contributed by atoms with Gasteiger partial charge in [-0.15, -0.1) is 0 Å². The van der Waals surface area contributed by atoms with Gasteiger partial charge in [-0.3, -0.25) is 9.59 Å². The molecule has 2 amide bonds. The second kappa shape index (κ2) is 13.3. The van der Waals surface area contributed by atoms with Gasteiger partial charge in [0.15, 0.2) is 0 Å². The van der Waals surface area contributed by atoms with Crippen molar-refractivity contribution in [1.29, 1.82) is 0 Å². The van der Waals surface area contributed by atoms with Crippen molar-refractivity contribution < 1.29 is 19.5 Å². The molecular formula is C30H28Cl4N2O4. The number of carbonyl (C=O) groups is 3. The molecule has 0 aliphatic carbocycles. The number of piperidine rings is 1. The molecule has 0 aromatic heterocycles. The van der Waals surface area contributed by atoms with Crippen molar-refractivity contribution in [3.05, 3.63) is 91.4 Å². The van der Waals surface area contributed by atoms with Crippen LogP contribution in [-0.2, 0) is 27.2 Å². The number of amides is 2. The maximum Gasteiger partial charge on any atom is 0.326 e. The molecule has 3 aromatic carbocycles. The highest BCUT2D eigenvalue weighted by Crippen LogP contribution is 2.31. The zero-order valence-corrected chi connectivity index (χ0v) is 24.7. The summed E-state index contributed by atoms with van der Waals surface area (Å²) >= 11 is 24.9. The third-order valence-corrected chi connectivity index (χ3v) is 8.23. The monoisotopic (exact) mass is 620 g/mol. The molecule has 2 atom stereocenters. The Kier molecular flexibility index (Phi) is 10.0. The van der Waals surface area contributed by atoms with Crippen LogP contribution in [-0.4, -0.2) is 46.9 Å². The molecule has 2 N–H and O–H groups in total. The summed E-state index contributed by atoms with van der Waals surface area (Å²) in [4.78, 5) is 39.8. The van der Waals surface area contributed by atoms with Gasteiger partial charge in [-0.25, -0.2) is 4.79 Å². The summed E-state index contributed by atoms with van der Waals surface area (Å²) in [6.45, 7) is 2.58. The van der Waals surface area contributed by atoms with Gasteiger partial charge in [0.25, 0.3) is 0 Å². The normalized spacial score (nSPS) is 15.9. The number of rotatable bonds is 8. The predicted molar refractivity (Wildman–Crippen MR) is 159 cm³/mol. The van der Waals surface area contributed by atoms with Crippen LogP contribution >= 0.6 is 46.4 Å². The Balaban J connectivity index is 1.38. The lowest BCUT2D eigenvalue weighted by Crippen LogP contribution is -2.50. The molecule has 10 heteroatoms. The van der Waals surface area contributed by atoms with Crippen LogP contribution in [0.5, 0.6) is 0 Å². The molecule has 3 aromatic rings. The number of likely N-dealkylation sites (tertiary alicyclic amines) is 1. The van der Waals surface area contributed by atoms with Gasteiger partial charge in [0.05, 0.1) is 12.3 Å². The Morgan fingerprint density at radius 1 is 0.975 bits per heavy atom. The molecule has 1 heterocycles. The van der Waals surface area contributed by atoms with E-state index in [1.807, 2.05) is 37.3 Å². The molecule has 6 nitrogen and oxygen atoms in total. The first kappa shape index (κ1) is 30.2. The van der Waals surface area contributed by atoms with E-state index in [9.17, 15) is 19.5 Å². The third-order valence-electron chi connectivity index (χ3n) is 7.01. The minimum absolute atomic E-state index is 0.0290. The lowest BCUT2D eigenvalue weighted by atomic mass is 9.95. The molecular weight excluding hydrogens is 594 g/mol. The lowest BCUT2D eigenvalue weighted by Gasteiger charge is -2.33. The van der Waals surface area contributed by atoms with Gasteiger partial charge < -0.3 is 15.3 Å². The molecule has 0 radical (unpaired) electrons. The summed E-state index contributed by atoms with van der Waals surface area (Å²) in [6.07, 6.45) is 1.33. The number of hydrogen-bond acceptors (Lipinski definition) is 3. The number of carbonyl (C=O) groups excluding carboxylic acids is 2. The van der Waals surface area contributed by atoms with Gasteiger partial charge in [-0.1, -0.05) is 76.7 Å². The van der Waals surface area contributed by atoms with Crippen molar-refractivity contribution in [3.63, 3.8) is 0 Å². The minimum atomic E-state index is -1.13. The summed E-state index contributed by atoms with van der Waals surface area (Å²) in [6, 6.07) is 15.0. The van der Waals surface area contributed by atoms with Crippen molar-refractivity contribution in [2.75, 3.05) is 13.1 Å². The fourth-order valence-electron chi connectivity index (χ4n) is 4.85. The Morgan fingerprint density at radius 2 is 1.65 bits per heavy atom.